The molecule has 1 saturated heterocycles. The van der Waals surface area contributed by atoms with Crippen LogP contribution in [0.15, 0.2) is 21.9 Å². The topological polar surface area (TPSA) is 160 Å². The molecule has 0 aliphatic carbocycles. The van der Waals surface area contributed by atoms with Gasteiger partial charge in [-0.1, -0.05) is 0 Å². The van der Waals surface area contributed by atoms with Crippen molar-refractivity contribution in [3.63, 3.8) is 0 Å². The van der Waals surface area contributed by atoms with Gasteiger partial charge in [0.05, 0.1) is 6.61 Å². The van der Waals surface area contributed by atoms with Crippen molar-refractivity contribution in [3.8, 4) is 0 Å². The van der Waals surface area contributed by atoms with Crippen LogP contribution in [-0.2, 0) is 9.26 Å². The molecule has 0 amide bonds. The van der Waals surface area contributed by atoms with Gasteiger partial charge in [-0.25, -0.2) is 9.18 Å². The fraction of sp³-hybridized carbons (Fsp3) is 0.556. The number of hydrogen-bond acceptors (Lipinski definition) is 8. The maximum absolute atomic E-state index is 14.2. The molecule has 2 rings (SSSR count). The SMILES string of the molecule is NP(O)OC[C@H]1O[C@@H](n2ccc(=O)[nH]c2=O)[C@@](O)(F)[C@@H]1O. The van der Waals surface area contributed by atoms with Gasteiger partial charge in [0, 0.05) is 12.3 Å². The Bertz CT molecular complexity index is 618. The average molecular weight is 325 g/mol. The highest BCUT2D eigenvalue weighted by Crippen LogP contribution is 2.39. The van der Waals surface area contributed by atoms with Crippen molar-refractivity contribution in [1.29, 1.82) is 0 Å². The van der Waals surface area contributed by atoms with Crippen molar-refractivity contribution in [2.45, 2.75) is 24.3 Å². The number of aliphatic hydroxyl groups is 2. The smallest absolute Gasteiger partial charge is 0.330 e. The van der Waals surface area contributed by atoms with Gasteiger partial charge in [-0.3, -0.25) is 19.8 Å². The Labute approximate surface area is 117 Å². The molecule has 1 aromatic heterocycles. The van der Waals surface area contributed by atoms with Gasteiger partial charge in [-0.05, 0) is 0 Å². The molecule has 118 valence electrons. The first-order valence-corrected chi connectivity index (χ1v) is 6.94. The molecule has 6 N–H and O–H groups in total. The van der Waals surface area contributed by atoms with E-state index in [1.807, 2.05) is 4.98 Å². The summed E-state index contributed by atoms with van der Waals surface area (Å²) < 4.78 is 24.4. The van der Waals surface area contributed by atoms with Crippen molar-refractivity contribution < 1.29 is 28.8 Å². The quantitative estimate of drug-likeness (QED) is 0.384. The van der Waals surface area contributed by atoms with E-state index in [0.29, 0.717) is 4.57 Å². The first kappa shape index (κ1) is 16.2. The second kappa shape index (κ2) is 5.89. The molecule has 2 heterocycles. The third-order valence-electron chi connectivity index (χ3n) is 2.89. The van der Waals surface area contributed by atoms with Gasteiger partial charge in [0.15, 0.2) is 6.23 Å². The Morgan fingerprint density at radius 3 is 2.86 bits per heavy atom. The average Bonchev–Trinajstić information content (AvgIpc) is 2.60. The van der Waals surface area contributed by atoms with E-state index < -0.39 is 50.7 Å². The second-order valence-electron chi connectivity index (χ2n) is 4.32. The predicted molar refractivity (Wildman–Crippen MR) is 66.6 cm³/mol. The number of ether oxygens (including phenoxy) is 1. The third-order valence-corrected chi connectivity index (χ3v) is 3.31. The Hall–Kier alpha value is -1.20. The molecule has 10 nitrogen and oxygen atoms in total. The van der Waals surface area contributed by atoms with E-state index in [0.717, 1.165) is 12.3 Å². The van der Waals surface area contributed by atoms with E-state index in [1.165, 1.54) is 0 Å². The molecule has 1 unspecified atom stereocenters. The van der Waals surface area contributed by atoms with Crippen LogP contribution in [0.1, 0.15) is 6.23 Å². The molecule has 0 saturated carbocycles. The summed E-state index contributed by atoms with van der Waals surface area (Å²) >= 11 is 0. The van der Waals surface area contributed by atoms with Gasteiger partial charge >= 0.3 is 5.69 Å². The Morgan fingerprint density at radius 1 is 1.62 bits per heavy atom. The molecule has 0 radical (unpaired) electrons. The monoisotopic (exact) mass is 325 g/mol. The van der Waals surface area contributed by atoms with E-state index in [2.05, 4.69) is 4.52 Å². The highest BCUT2D eigenvalue weighted by atomic mass is 31.2. The Kier molecular flexibility index (Phi) is 4.54. The van der Waals surface area contributed by atoms with Crippen molar-refractivity contribution in [1.82, 2.24) is 9.55 Å². The first-order valence-electron chi connectivity index (χ1n) is 5.66. The number of nitrogens with two attached hydrogens (primary N) is 1. The van der Waals surface area contributed by atoms with Gasteiger partial charge in [0.25, 0.3) is 11.4 Å². The predicted octanol–water partition coefficient (Wildman–Crippen LogP) is -2.35. The summed E-state index contributed by atoms with van der Waals surface area (Å²) in [5.41, 5.74) is 3.24. The van der Waals surface area contributed by atoms with Crippen molar-refractivity contribution in [2.24, 2.45) is 5.50 Å². The summed E-state index contributed by atoms with van der Waals surface area (Å²) in [6, 6.07) is 0.921. The molecule has 0 bridgehead atoms. The zero-order valence-electron chi connectivity index (χ0n) is 10.4. The number of aliphatic hydroxyl groups excluding tert-OH is 1. The molecular formula is C9H13FN3O7P. The van der Waals surface area contributed by atoms with E-state index in [9.17, 15) is 24.2 Å². The number of aromatic nitrogens is 2. The number of nitrogens with one attached hydrogen (secondary N) is 1. The molecule has 1 aromatic rings. The Morgan fingerprint density at radius 2 is 2.29 bits per heavy atom. The molecular weight excluding hydrogens is 312 g/mol. The van der Waals surface area contributed by atoms with E-state index in [4.69, 9.17) is 15.1 Å². The minimum atomic E-state index is -3.30. The van der Waals surface area contributed by atoms with E-state index >= 15 is 0 Å². The van der Waals surface area contributed by atoms with E-state index in [-0.39, 0.29) is 0 Å². The largest absolute Gasteiger partial charge is 0.384 e. The van der Waals surface area contributed by atoms with Crippen molar-refractivity contribution in [3.05, 3.63) is 33.1 Å². The summed E-state index contributed by atoms with van der Waals surface area (Å²) in [6.07, 6.45) is -4.40. The molecule has 0 spiro atoms. The summed E-state index contributed by atoms with van der Waals surface area (Å²) in [5, 5.41) is 19.3. The minimum Gasteiger partial charge on any atom is -0.384 e. The molecule has 21 heavy (non-hydrogen) atoms. The lowest BCUT2D eigenvalue weighted by molar-refractivity contribution is -0.197. The molecule has 0 aromatic carbocycles. The van der Waals surface area contributed by atoms with Gasteiger partial charge in [-0.2, -0.15) is 0 Å². The van der Waals surface area contributed by atoms with Crippen LogP contribution in [0.2, 0.25) is 0 Å². The fourth-order valence-corrected chi connectivity index (χ4v) is 2.19. The van der Waals surface area contributed by atoms with Crippen LogP contribution in [-0.4, -0.2) is 49.3 Å². The maximum atomic E-state index is 14.2. The molecule has 1 aliphatic heterocycles. The lowest BCUT2D eigenvalue weighted by Gasteiger charge is -2.23. The van der Waals surface area contributed by atoms with E-state index in [1.54, 1.807) is 0 Å². The maximum Gasteiger partial charge on any atom is 0.330 e. The molecule has 12 heteroatoms. The summed E-state index contributed by atoms with van der Waals surface area (Å²) in [5.74, 6) is -3.30. The zero-order chi connectivity index (χ0) is 15.8. The Balaban J connectivity index is 2.27. The first-order chi connectivity index (χ1) is 9.73. The minimum absolute atomic E-state index is 0.499. The molecule has 1 aliphatic rings. The number of hydrogen-bond donors (Lipinski definition) is 5. The lowest BCUT2D eigenvalue weighted by atomic mass is 10.1. The number of alkyl halides is 1. The van der Waals surface area contributed by atoms with Crippen LogP contribution in [0, 0.1) is 0 Å². The van der Waals surface area contributed by atoms with Crippen LogP contribution < -0.4 is 16.8 Å². The lowest BCUT2D eigenvalue weighted by Crippen LogP contribution is -2.45. The number of rotatable bonds is 4. The fourth-order valence-electron chi connectivity index (χ4n) is 1.90. The summed E-state index contributed by atoms with van der Waals surface area (Å²) in [4.78, 5) is 33.2. The number of aromatic amines is 1. The van der Waals surface area contributed by atoms with Gasteiger partial charge in [0.1, 0.15) is 12.2 Å². The standard InChI is InChI=1S/C9H13FN3O7P/c10-9(17)6(15)4(3-19-21(11)18)20-7(9)13-2-1-5(14)12-8(13)16/h1-2,4,6-7,15,17-18H,3,11H2,(H,12,14,16)/t4-,6-,7-,9-,21?/m1/s1. The van der Waals surface area contributed by atoms with Crippen LogP contribution in [0.25, 0.3) is 0 Å². The zero-order valence-corrected chi connectivity index (χ0v) is 11.3. The molecule has 5 atom stereocenters. The number of nitrogens with zero attached hydrogens (tertiary/aromatic N) is 1. The van der Waals surface area contributed by atoms with Gasteiger partial charge in [-0.15, -0.1) is 0 Å². The second-order valence-corrected chi connectivity index (χ2v) is 5.18. The highest BCUT2D eigenvalue weighted by molar-refractivity contribution is 7.43. The number of H-pyrrole nitrogens is 1. The molecule has 1 fully saturated rings. The van der Waals surface area contributed by atoms with Crippen LogP contribution in [0.4, 0.5) is 4.39 Å². The summed E-state index contributed by atoms with van der Waals surface area (Å²) in [7, 11) is -2.26. The summed E-state index contributed by atoms with van der Waals surface area (Å²) in [6.45, 7) is -0.499. The van der Waals surface area contributed by atoms with Crippen molar-refractivity contribution in [2.75, 3.05) is 6.61 Å². The van der Waals surface area contributed by atoms with Crippen LogP contribution in [0.5, 0.6) is 0 Å². The van der Waals surface area contributed by atoms with Crippen LogP contribution in [0.3, 0.4) is 0 Å². The number of halogens is 1. The normalized spacial score (nSPS) is 34.0. The third kappa shape index (κ3) is 3.19. The van der Waals surface area contributed by atoms with Crippen molar-refractivity contribution >= 4 is 8.53 Å². The van der Waals surface area contributed by atoms with Crippen LogP contribution >= 0.6 is 8.53 Å². The van der Waals surface area contributed by atoms with Gasteiger partial charge < -0.3 is 24.4 Å². The highest BCUT2D eigenvalue weighted by Gasteiger charge is 2.57. The van der Waals surface area contributed by atoms with Gasteiger partial charge in [0.2, 0.25) is 8.53 Å².